The molecule has 8 heteroatoms. The number of nitrogens with zero attached hydrogens (tertiary/aromatic N) is 2. The maximum absolute atomic E-state index is 13.2. The van der Waals surface area contributed by atoms with Crippen molar-refractivity contribution < 1.29 is 22.7 Å². The summed E-state index contributed by atoms with van der Waals surface area (Å²) in [6, 6.07) is 12.1. The van der Waals surface area contributed by atoms with Gasteiger partial charge in [0, 0.05) is 13.5 Å². The molecule has 2 amide bonds. The molecule has 0 bridgehead atoms. The number of anilines is 2. The summed E-state index contributed by atoms with van der Waals surface area (Å²) in [6.07, 6.45) is 4.56. The van der Waals surface area contributed by atoms with Crippen molar-refractivity contribution in [3.8, 4) is 11.1 Å². The summed E-state index contributed by atoms with van der Waals surface area (Å²) in [4.78, 5) is 29.3. The van der Waals surface area contributed by atoms with Crippen molar-refractivity contribution in [2.45, 2.75) is 69.9 Å². The molecule has 0 radical (unpaired) electrons. The maximum atomic E-state index is 13.2. The van der Waals surface area contributed by atoms with Gasteiger partial charge < -0.3 is 9.64 Å². The van der Waals surface area contributed by atoms with Crippen molar-refractivity contribution in [2.24, 2.45) is 0 Å². The molecule has 34 heavy (non-hydrogen) atoms. The first-order valence-electron chi connectivity index (χ1n) is 12.0. The van der Waals surface area contributed by atoms with E-state index in [9.17, 15) is 18.0 Å². The van der Waals surface area contributed by atoms with Crippen molar-refractivity contribution >= 4 is 33.2 Å². The first kappa shape index (κ1) is 24.3. The summed E-state index contributed by atoms with van der Waals surface area (Å²) < 4.78 is 30.6. The quantitative estimate of drug-likeness (QED) is 0.597. The fourth-order valence-corrected chi connectivity index (χ4v) is 5.81. The summed E-state index contributed by atoms with van der Waals surface area (Å²) in [5.74, 6) is -0.0785. The van der Waals surface area contributed by atoms with E-state index in [1.807, 2.05) is 31.2 Å². The van der Waals surface area contributed by atoms with Crippen LogP contribution in [0.25, 0.3) is 11.1 Å². The Bertz CT molecular complexity index is 1190. The third-order valence-electron chi connectivity index (χ3n) is 6.70. The van der Waals surface area contributed by atoms with E-state index >= 15 is 0 Å². The van der Waals surface area contributed by atoms with Gasteiger partial charge in [-0.3, -0.25) is 9.69 Å². The third-order valence-corrected chi connectivity index (χ3v) is 8.43. The van der Waals surface area contributed by atoms with E-state index in [0.717, 1.165) is 36.8 Å². The number of carbonyl (C=O) groups is 2. The Morgan fingerprint density at radius 2 is 1.71 bits per heavy atom. The Kier molecular flexibility index (Phi) is 6.98. The Balaban J connectivity index is 1.74. The third kappa shape index (κ3) is 4.82. The number of benzene rings is 2. The molecule has 2 aromatic rings. The second-order valence-electron chi connectivity index (χ2n) is 9.13. The second-order valence-corrected chi connectivity index (χ2v) is 11.4. The molecule has 1 heterocycles. The molecule has 7 nitrogen and oxygen atoms in total. The molecule has 2 aromatic carbocycles. The molecule has 0 aromatic heterocycles. The van der Waals surface area contributed by atoms with E-state index in [1.54, 1.807) is 34.9 Å². The highest BCUT2D eigenvalue weighted by atomic mass is 32.2. The molecule has 0 N–H and O–H groups in total. The Morgan fingerprint density at radius 3 is 2.38 bits per heavy atom. The van der Waals surface area contributed by atoms with Crippen LogP contribution in [0.1, 0.15) is 52.9 Å². The second kappa shape index (κ2) is 9.78. The summed E-state index contributed by atoms with van der Waals surface area (Å²) >= 11 is 0. The average Bonchev–Trinajstić information content (AvgIpc) is 2.83. The summed E-state index contributed by atoms with van der Waals surface area (Å²) in [5, 5.41) is 0. The fourth-order valence-electron chi connectivity index (χ4n) is 4.88. The highest BCUT2D eigenvalue weighted by Crippen LogP contribution is 2.40. The van der Waals surface area contributed by atoms with Crippen molar-refractivity contribution in [1.82, 2.24) is 0 Å². The molecule has 2 aliphatic rings. The number of amides is 2. The van der Waals surface area contributed by atoms with Gasteiger partial charge in [0.15, 0.2) is 9.84 Å². The summed E-state index contributed by atoms with van der Waals surface area (Å²) in [5.41, 5.74) is 2.73. The first-order valence-corrected chi connectivity index (χ1v) is 13.6. The van der Waals surface area contributed by atoms with E-state index in [4.69, 9.17) is 4.74 Å². The van der Waals surface area contributed by atoms with Crippen LogP contribution in [0, 0.1) is 0 Å². The largest absolute Gasteiger partial charge is 0.446 e. The van der Waals surface area contributed by atoms with Gasteiger partial charge >= 0.3 is 6.09 Å². The number of hydrogen-bond acceptors (Lipinski definition) is 5. The molecule has 182 valence electrons. The van der Waals surface area contributed by atoms with Crippen LogP contribution in [-0.4, -0.2) is 44.9 Å². The van der Waals surface area contributed by atoms with Gasteiger partial charge in [0.2, 0.25) is 5.91 Å². The van der Waals surface area contributed by atoms with Crippen LogP contribution < -0.4 is 9.80 Å². The molecular formula is C26H32N2O5S. The molecule has 0 spiro atoms. The maximum Gasteiger partial charge on any atom is 0.414 e. The van der Waals surface area contributed by atoms with Gasteiger partial charge in [-0.15, -0.1) is 0 Å². The van der Waals surface area contributed by atoms with Gasteiger partial charge in [-0.25, -0.2) is 13.2 Å². The summed E-state index contributed by atoms with van der Waals surface area (Å²) in [6.45, 7) is 5.38. The molecular weight excluding hydrogens is 452 g/mol. The standard InChI is InChI=1S/C26H32N2O5S/c1-4-34(31,32)23-12-8-9-20(15-23)21-13-14-24-25(16-21)27(17-18(2)28(24)19(3)29)26(30)33-22-10-6-5-7-11-22/h8-9,12-16,18,22H,4-7,10-11,17H2,1-3H3/t18-/m0/s1. The zero-order valence-corrected chi connectivity index (χ0v) is 20.8. The number of rotatable bonds is 4. The van der Waals surface area contributed by atoms with E-state index in [0.29, 0.717) is 17.9 Å². The van der Waals surface area contributed by atoms with Crippen LogP contribution in [0.15, 0.2) is 47.4 Å². The van der Waals surface area contributed by atoms with Gasteiger partial charge in [-0.05, 0) is 68.0 Å². The SMILES string of the molecule is CCS(=O)(=O)c1cccc(-c2ccc3c(c2)N(C(=O)OC2CCCCC2)C[C@H](C)N3C(C)=O)c1. The predicted octanol–water partition coefficient (Wildman–Crippen LogP) is 5.18. The number of ether oxygens (including phenoxy) is 1. The molecule has 0 saturated heterocycles. The molecule has 1 atom stereocenters. The fraction of sp³-hybridized carbons (Fsp3) is 0.462. The lowest BCUT2D eigenvalue weighted by molar-refractivity contribution is -0.117. The van der Waals surface area contributed by atoms with Crippen LogP contribution in [0.3, 0.4) is 0 Å². The topological polar surface area (TPSA) is 84.0 Å². The molecule has 4 rings (SSSR count). The highest BCUT2D eigenvalue weighted by Gasteiger charge is 2.35. The number of carbonyl (C=O) groups excluding carboxylic acids is 2. The molecule has 0 unspecified atom stereocenters. The monoisotopic (exact) mass is 484 g/mol. The van der Waals surface area contributed by atoms with Crippen LogP contribution >= 0.6 is 0 Å². The van der Waals surface area contributed by atoms with E-state index in [-0.39, 0.29) is 28.7 Å². The minimum atomic E-state index is -3.35. The lowest BCUT2D eigenvalue weighted by Crippen LogP contribution is -2.52. The zero-order valence-electron chi connectivity index (χ0n) is 20.0. The van der Waals surface area contributed by atoms with Crippen molar-refractivity contribution in [2.75, 3.05) is 22.1 Å². The molecule has 1 saturated carbocycles. The highest BCUT2D eigenvalue weighted by molar-refractivity contribution is 7.91. The van der Waals surface area contributed by atoms with Gasteiger partial charge in [0.1, 0.15) is 6.10 Å². The van der Waals surface area contributed by atoms with E-state index in [2.05, 4.69) is 0 Å². The molecule has 1 fully saturated rings. The smallest absolute Gasteiger partial charge is 0.414 e. The minimum absolute atomic E-state index is 0.0207. The van der Waals surface area contributed by atoms with E-state index in [1.165, 1.54) is 13.3 Å². The summed E-state index contributed by atoms with van der Waals surface area (Å²) in [7, 11) is -3.35. The van der Waals surface area contributed by atoms with Crippen molar-refractivity contribution in [1.29, 1.82) is 0 Å². The van der Waals surface area contributed by atoms with Crippen LogP contribution in [0.4, 0.5) is 16.2 Å². The number of sulfone groups is 1. The minimum Gasteiger partial charge on any atom is -0.446 e. The lowest BCUT2D eigenvalue weighted by Gasteiger charge is -2.41. The Hall–Kier alpha value is -2.87. The van der Waals surface area contributed by atoms with Crippen LogP contribution in [0.2, 0.25) is 0 Å². The average molecular weight is 485 g/mol. The predicted molar refractivity (Wildman–Crippen MR) is 133 cm³/mol. The van der Waals surface area contributed by atoms with Crippen LogP contribution in [0.5, 0.6) is 0 Å². The van der Waals surface area contributed by atoms with Crippen LogP contribution in [-0.2, 0) is 19.4 Å². The zero-order chi connectivity index (χ0) is 24.5. The van der Waals surface area contributed by atoms with Gasteiger partial charge in [-0.1, -0.05) is 31.5 Å². The number of hydrogen-bond donors (Lipinski definition) is 0. The molecule has 1 aliphatic carbocycles. The van der Waals surface area contributed by atoms with Gasteiger partial charge in [0.05, 0.1) is 28.1 Å². The van der Waals surface area contributed by atoms with Crippen molar-refractivity contribution in [3.63, 3.8) is 0 Å². The Morgan fingerprint density at radius 1 is 1.00 bits per heavy atom. The van der Waals surface area contributed by atoms with Gasteiger partial charge in [-0.2, -0.15) is 0 Å². The Labute approximate surface area is 201 Å². The van der Waals surface area contributed by atoms with E-state index < -0.39 is 15.9 Å². The first-order chi connectivity index (χ1) is 16.2. The lowest BCUT2D eigenvalue weighted by atomic mass is 9.98. The number of fused-ring (bicyclic) bond motifs is 1. The normalized spacial score (nSPS) is 19.0. The van der Waals surface area contributed by atoms with Gasteiger partial charge in [0.25, 0.3) is 0 Å². The van der Waals surface area contributed by atoms with Crippen molar-refractivity contribution in [3.05, 3.63) is 42.5 Å². The molecule has 1 aliphatic heterocycles.